The monoisotopic (exact) mass is 375 g/mol. The van der Waals surface area contributed by atoms with Crippen LogP contribution in [0.15, 0.2) is 35.2 Å². The van der Waals surface area contributed by atoms with E-state index in [1.54, 1.807) is 29.2 Å². The number of aryl methyl sites for hydroxylation is 1. The molecule has 3 aromatic heterocycles. The summed E-state index contributed by atoms with van der Waals surface area (Å²) in [5.41, 5.74) is 3.18. The van der Waals surface area contributed by atoms with Crippen molar-refractivity contribution < 1.29 is 4.79 Å². The molecule has 7 heteroatoms. The van der Waals surface area contributed by atoms with E-state index in [2.05, 4.69) is 38.4 Å². The number of carbonyl (C=O) groups is 1. The molecule has 6 nitrogen and oxygen atoms in total. The lowest BCUT2D eigenvalue weighted by Gasteiger charge is -2.07. The Labute approximate surface area is 142 Å². The van der Waals surface area contributed by atoms with Crippen LogP contribution >= 0.6 is 15.9 Å². The molecule has 3 aromatic rings. The van der Waals surface area contributed by atoms with Crippen LogP contribution in [0.2, 0.25) is 0 Å². The lowest BCUT2D eigenvalue weighted by molar-refractivity contribution is 0.102. The third-order valence-electron chi connectivity index (χ3n) is 3.81. The van der Waals surface area contributed by atoms with Gasteiger partial charge in [-0.05, 0) is 41.4 Å². The van der Waals surface area contributed by atoms with Crippen molar-refractivity contribution in [2.24, 2.45) is 0 Å². The van der Waals surface area contributed by atoms with Crippen LogP contribution in [0.1, 0.15) is 35.8 Å². The predicted octanol–water partition coefficient (Wildman–Crippen LogP) is 3.65. The number of unbranched alkanes of at least 4 members (excludes halogenated alkanes) is 1. The molecule has 0 unspecified atom stereocenters. The van der Waals surface area contributed by atoms with Gasteiger partial charge in [0.15, 0.2) is 0 Å². The van der Waals surface area contributed by atoms with E-state index in [0.717, 1.165) is 40.8 Å². The first-order valence-electron chi connectivity index (χ1n) is 7.56. The lowest BCUT2D eigenvalue weighted by atomic mass is 10.2. The van der Waals surface area contributed by atoms with E-state index in [0.29, 0.717) is 5.56 Å². The van der Waals surface area contributed by atoms with Crippen LogP contribution in [-0.2, 0) is 6.54 Å². The Hall–Kier alpha value is -2.15. The Morgan fingerprint density at radius 2 is 2.13 bits per heavy atom. The minimum Gasteiger partial charge on any atom is -0.319 e. The van der Waals surface area contributed by atoms with Crippen molar-refractivity contribution in [3.05, 3.63) is 46.5 Å². The number of fused-ring (bicyclic) bond motifs is 1. The molecule has 0 aliphatic rings. The molecule has 0 radical (unpaired) electrons. The maximum absolute atomic E-state index is 12.4. The zero-order valence-electron chi connectivity index (χ0n) is 13.1. The quantitative estimate of drug-likeness (QED) is 0.739. The molecule has 3 heterocycles. The highest BCUT2D eigenvalue weighted by molar-refractivity contribution is 9.10. The molecule has 0 atom stereocenters. The van der Waals surface area contributed by atoms with Crippen LogP contribution in [0.5, 0.6) is 0 Å². The van der Waals surface area contributed by atoms with Gasteiger partial charge in [0.25, 0.3) is 5.91 Å². The van der Waals surface area contributed by atoms with E-state index in [1.807, 2.05) is 17.7 Å². The molecule has 1 N–H and O–H groups in total. The maximum atomic E-state index is 12.4. The predicted molar refractivity (Wildman–Crippen MR) is 92.7 cm³/mol. The van der Waals surface area contributed by atoms with Crippen LogP contribution in [0, 0.1) is 6.92 Å². The summed E-state index contributed by atoms with van der Waals surface area (Å²) in [6.45, 7) is 4.98. The third kappa shape index (κ3) is 3.14. The van der Waals surface area contributed by atoms with Gasteiger partial charge in [-0.3, -0.25) is 9.48 Å². The zero-order valence-corrected chi connectivity index (χ0v) is 14.7. The van der Waals surface area contributed by atoms with Crippen molar-refractivity contribution in [2.75, 3.05) is 5.32 Å². The number of halogens is 1. The minimum absolute atomic E-state index is 0.170. The highest BCUT2D eigenvalue weighted by Crippen LogP contribution is 2.19. The van der Waals surface area contributed by atoms with Crippen LogP contribution in [-0.4, -0.2) is 25.3 Å². The van der Waals surface area contributed by atoms with Gasteiger partial charge in [-0.25, -0.2) is 4.52 Å². The van der Waals surface area contributed by atoms with Crippen molar-refractivity contribution >= 4 is 33.0 Å². The first-order valence-corrected chi connectivity index (χ1v) is 8.36. The molecule has 23 heavy (non-hydrogen) atoms. The van der Waals surface area contributed by atoms with Gasteiger partial charge in [-0.15, -0.1) is 0 Å². The number of pyridine rings is 1. The molecule has 0 aliphatic heterocycles. The number of hydrogen-bond donors (Lipinski definition) is 1. The summed E-state index contributed by atoms with van der Waals surface area (Å²) in [5.74, 6) is -0.170. The van der Waals surface area contributed by atoms with Gasteiger partial charge in [0.05, 0.1) is 39.3 Å². The molecule has 3 rings (SSSR count). The second kappa shape index (κ2) is 6.54. The first-order chi connectivity index (χ1) is 11.1. The van der Waals surface area contributed by atoms with E-state index in [4.69, 9.17) is 0 Å². The minimum atomic E-state index is -0.170. The maximum Gasteiger partial charge on any atom is 0.257 e. The largest absolute Gasteiger partial charge is 0.319 e. The first kappa shape index (κ1) is 15.7. The lowest BCUT2D eigenvalue weighted by Crippen LogP contribution is -2.13. The van der Waals surface area contributed by atoms with E-state index < -0.39 is 0 Å². The molecule has 1 amide bonds. The van der Waals surface area contributed by atoms with Gasteiger partial charge in [-0.1, -0.05) is 13.3 Å². The Bertz CT molecular complexity index is 851. The molecule has 0 spiro atoms. The number of nitrogens with one attached hydrogen (secondary N) is 1. The van der Waals surface area contributed by atoms with Gasteiger partial charge in [0, 0.05) is 12.7 Å². The number of amides is 1. The molecular formula is C16H18BrN5O. The summed E-state index contributed by atoms with van der Waals surface area (Å²) in [4.78, 5) is 12.4. The SMILES string of the molecule is CCCCn1ncc(NC(=O)c2ccc3c(Br)cnn3c2)c1C. The molecular weight excluding hydrogens is 358 g/mol. The number of rotatable bonds is 5. The van der Waals surface area contributed by atoms with Crippen molar-refractivity contribution in [3.8, 4) is 0 Å². The highest BCUT2D eigenvalue weighted by atomic mass is 79.9. The number of anilines is 1. The molecule has 0 fully saturated rings. The Balaban J connectivity index is 1.79. The normalized spacial score (nSPS) is 11.1. The summed E-state index contributed by atoms with van der Waals surface area (Å²) < 4.78 is 4.50. The highest BCUT2D eigenvalue weighted by Gasteiger charge is 2.12. The summed E-state index contributed by atoms with van der Waals surface area (Å²) in [6, 6.07) is 3.65. The fourth-order valence-electron chi connectivity index (χ4n) is 2.38. The second-order valence-corrected chi connectivity index (χ2v) is 6.27. The average Bonchev–Trinajstić information content (AvgIpc) is 3.09. The van der Waals surface area contributed by atoms with E-state index >= 15 is 0 Å². The zero-order chi connectivity index (χ0) is 16.4. The molecule has 120 valence electrons. The van der Waals surface area contributed by atoms with E-state index in [-0.39, 0.29) is 5.91 Å². The van der Waals surface area contributed by atoms with Gasteiger partial charge in [0.2, 0.25) is 0 Å². The number of aromatic nitrogens is 4. The molecule has 0 saturated heterocycles. The van der Waals surface area contributed by atoms with Gasteiger partial charge < -0.3 is 5.32 Å². The third-order valence-corrected chi connectivity index (χ3v) is 4.42. The van der Waals surface area contributed by atoms with Crippen LogP contribution in [0.3, 0.4) is 0 Å². The standard InChI is InChI=1S/C16H18BrN5O/c1-3-4-7-21-11(2)14(9-19-21)20-16(23)12-5-6-15-13(17)8-18-22(15)10-12/h5-6,8-10H,3-4,7H2,1-2H3,(H,20,23). The summed E-state index contributed by atoms with van der Waals surface area (Å²) in [7, 11) is 0. The Kier molecular flexibility index (Phi) is 4.47. The summed E-state index contributed by atoms with van der Waals surface area (Å²) in [6.07, 6.45) is 7.30. The molecule has 0 bridgehead atoms. The van der Waals surface area contributed by atoms with Gasteiger partial charge >= 0.3 is 0 Å². The van der Waals surface area contributed by atoms with Gasteiger partial charge in [0.1, 0.15) is 0 Å². The van der Waals surface area contributed by atoms with Crippen LogP contribution in [0.25, 0.3) is 5.52 Å². The van der Waals surface area contributed by atoms with Crippen LogP contribution < -0.4 is 5.32 Å². The van der Waals surface area contributed by atoms with E-state index in [1.165, 1.54) is 0 Å². The van der Waals surface area contributed by atoms with Crippen molar-refractivity contribution in [3.63, 3.8) is 0 Å². The fraction of sp³-hybridized carbons (Fsp3) is 0.312. The summed E-state index contributed by atoms with van der Waals surface area (Å²) in [5, 5.41) is 11.4. The van der Waals surface area contributed by atoms with Crippen molar-refractivity contribution in [1.29, 1.82) is 0 Å². The molecule has 0 aliphatic carbocycles. The molecule has 0 aromatic carbocycles. The second-order valence-electron chi connectivity index (χ2n) is 5.41. The molecule has 0 saturated carbocycles. The van der Waals surface area contributed by atoms with Gasteiger partial charge in [-0.2, -0.15) is 10.2 Å². The topological polar surface area (TPSA) is 64.2 Å². The fourth-order valence-corrected chi connectivity index (χ4v) is 2.79. The number of hydrogen-bond acceptors (Lipinski definition) is 3. The Morgan fingerprint density at radius 3 is 2.91 bits per heavy atom. The number of carbonyl (C=O) groups excluding carboxylic acids is 1. The smallest absolute Gasteiger partial charge is 0.257 e. The van der Waals surface area contributed by atoms with Crippen LogP contribution in [0.4, 0.5) is 5.69 Å². The number of nitrogens with zero attached hydrogens (tertiary/aromatic N) is 4. The van der Waals surface area contributed by atoms with E-state index in [9.17, 15) is 4.79 Å². The van der Waals surface area contributed by atoms with Crippen molar-refractivity contribution in [1.82, 2.24) is 19.4 Å². The summed E-state index contributed by atoms with van der Waals surface area (Å²) >= 11 is 3.42. The van der Waals surface area contributed by atoms with Crippen molar-refractivity contribution in [2.45, 2.75) is 33.2 Å². The average molecular weight is 376 g/mol. The Morgan fingerprint density at radius 1 is 1.30 bits per heavy atom.